The molecule has 2 aromatic carbocycles. The molecular weight excluding hydrogens is 302 g/mol. The molecular formula is C18H19N5O. The van der Waals surface area contributed by atoms with Gasteiger partial charge in [0, 0.05) is 25.8 Å². The number of rotatable bonds is 3. The lowest BCUT2D eigenvalue weighted by Crippen LogP contribution is -2.36. The van der Waals surface area contributed by atoms with Crippen molar-refractivity contribution in [2.24, 2.45) is 17.3 Å². The van der Waals surface area contributed by atoms with Crippen LogP contribution in [0.1, 0.15) is 0 Å². The normalized spacial score (nSPS) is 15.5. The van der Waals surface area contributed by atoms with E-state index in [1.807, 2.05) is 48.0 Å². The fraction of sp³-hybridized carbons (Fsp3) is 0.278. The maximum Gasteiger partial charge on any atom is 0.250 e. The van der Waals surface area contributed by atoms with Gasteiger partial charge in [0.25, 0.3) is 0 Å². The summed E-state index contributed by atoms with van der Waals surface area (Å²) in [5.41, 5.74) is 3.99. The van der Waals surface area contributed by atoms with E-state index >= 15 is 0 Å². The summed E-state index contributed by atoms with van der Waals surface area (Å²) >= 11 is 0. The zero-order valence-electron chi connectivity index (χ0n) is 13.6. The number of anilines is 1. The molecule has 0 atom stereocenters. The lowest BCUT2D eigenvalue weighted by molar-refractivity contribution is 0.122. The molecule has 122 valence electrons. The van der Waals surface area contributed by atoms with Crippen LogP contribution in [0.4, 0.5) is 17.3 Å². The maximum absolute atomic E-state index is 5.38. The first-order chi connectivity index (χ1) is 11.8. The van der Waals surface area contributed by atoms with Crippen molar-refractivity contribution >= 4 is 28.4 Å². The number of morpholine rings is 1. The lowest BCUT2D eigenvalue weighted by Gasteiger charge is -2.28. The Kier molecular flexibility index (Phi) is 3.96. The summed E-state index contributed by atoms with van der Waals surface area (Å²) in [5.74, 6) is 0.605. The summed E-state index contributed by atoms with van der Waals surface area (Å²) in [5, 5.41) is 8.62. The van der Waals surface area contributed by atoms with Crippen LogP contribution in [0.3, 0.4) is 0 Å². The van der Waals surface area contributed by atoms with Gasteiger partial charge in [-0.2, -0.15) is 0 Å². The van der Waals surface area contributed by atoms with E-state index in [4.69, 9.17) is 4.74 Å². The topological polar surface area (TPSA) is 55.0 Å². The molecule has 0 saturated carbocycles. The first-order valence-corrected chi connectivity index (χ1v) is 8.07. The van der Waals surface area contributed by atoms with Crippen LogP contribution >= 0.6 is 0 Å². The van der Waals surface area contributed by atoms with E-state index in [9.17, 15) is 0 Å². The minimum atomic E-state index is 0.605. The molecule has 0 radical (unpaired) electrons. The minimum Gasteiger partial charge on any atom is -0.378 e. The molecule has 2 heterocycles. The molecule has 1 aromatic heterocycles. The Bertz CT molecular complexity index is 863. The SMILES string of the molecule is Cn1c(/N=N/c2ccc(N3CCOCC3)cc2)nc2ccccc21. The molecule has 0 spiro atoms. The quantitative estimate of drug-likeness (QED) is 0.689. The predicted octanol–water partition coefficient (Wildman–Crippen LogP) is 3.83. The van der Waals surface area contributed by atoms with E-state index in [0.29, 0.717) is 5.95 Å². The van der Waals surface area contributed by atoms with E-state index in [1.54, 1.807) is 0 Å². The number of nitrogens with zero attached hydrogens (tertiary/aromatic N) is 5. The summed E-state index contributed by atoms with van der Waals surface area (Å²) in [4.78, 5) is 6.81. The van der Waals surface area contributed by atoms with Crippen LogP contribution < -0.4 is 4.90 Å². The number of aryl methyl sites for hydroxylation is 1. The second-order valence-electron chi connectivity index (χ2n) is 5.78. The van der Waals surface area contributed by atoms with Crippen LogP contribution in [0.5, 0.6) is 0 Å². The Morgan fingerprint density at radius 3 is 2.46 bits per heavy atom. The molecule has 0 amide bonds. The third-order valence-electron chi connectivity index (χ3n) is 4.24. The summed E-state index contributed by atoms with van der Waals surface area (Å²) in [6.07, 6.45) is 0. The van der Waals surface area contributed by atoms with Gasteiger partial charge in [-0.15, -0.1) is 10.2 Å². The zero-order valence-corrected chi connectivity index (χ0v) is 13.6. The number of hydrogen-bond donors (Lipinski definition) is 0. The molecule has 6 nitrogen and oxygen atoms in total. The molecule has 0 unspecified atom stereocenters. The second-order valence-corrected chi connectivity index (χ2v) is 5.78. The lowest BCUT2D eigenvalue weighted by atomic mass is 10.2. The standard InChI is InChI=1S/C18H19N5O/c1-22-17-5-3-2-4-16(17)19-18(22)21-20-14-6-8-15(9-7-14)23-10-12-24-13-11-23/h2-9H,10-13H2,1H3/b21-20+. The van der Waals surface area contributed by atoms with Gasteiger partial charge in [0.15, 0.2) is 0 Å². The van der Waals surface area contributed by atoms with E-state index in [-0.39, 0.29) is 0 Å². The van der Waals surface area contributed by atoms with Gasteiger partial charge in [0.05, 0.1) is 29.9 Å². The van der Waals surface area contributed by atoms with Crippen LogP contribution in [-0.2, 0) is 11.8 Å². The van der Waals surface area contributed by atoms with Gasteiger partial charge in [-0.3, -0.25) is 0 Å². The Labute approximate surface area is 140 Å². The number of imidazole rings is 1. The van der Waals surface area contributed by atoms with E-state index in [0.717, 1.165) is 43.0 Å². The highest BCUT2D eigenvalue weighted by Gasteiger charge is 2.10. The molecule has 0 bridgehead atoms. The Hall–Kier alpha value is -2.73. The average Bonchev–Trinajstić information content (AvgIpc) is 2.97. The van der Waals surface area contributed by atoms with Crippen LogP contribution in [-0.4, -0.2) is 35.9 Å². The van der Waals surface area contributed by atoms with Gasteiger partial charge < -0.3 is 14.2 Å². The Balaban J connectivity index is 1.53. The van der Waals surface area contributed by atoms with E-state index in [1.165, 1.54) is 5.69 Å². The zero-order chi connectivity index (χ0) is 16.4. The molecule has 3 aromatic rings. The van der Waals surface area contributed by atoms with Crippen molar-refractivity contribution in [3.8, 4) is 0 Å². The third-order valence-corrected chi connectivity index (χ3v) is 4.24. The number of hydrogen-bond acceptors (Lipinski definition) is 5. The number of aromatic nitrogens is 2. The summed E-state index contributed by atoms with van der Waals surface area (Å²) in [6, 6.07) is 16.1. The van der Waals surface area contributed by atoms with Crippen molar-refractivity contribution in [3.63, 3.8) is 0 Å². The highest BCUT2D eigenvalue weighted by Crippen LogP contribution is 2.24. The van der Waals surface area contributed by atoms with Crippen molar-refractivity contribution < 1.29 is 4.74 Å². The Morgan fingerprint density at radius 2 is 1.71 bits per heavy atom. The van der Waals surface area contributed by atoms with Gasteiger partial charge in [0.1, 0.15) is 0 Å². The first kappa shape index (κ1) is 14.8. The highest BCUT2D eigenvalue weighted by atomic mass is 16.5. The van der Waals surface area contributed by atoms with E-state index in [2.05, 4.69) is 32.2 Å². The number of para-hydroxylation sites is 2. The molecule has 1 saturated heterocycles. The van der Waals surface area contributed by atoms with Crippen molar-refractivity contribution in [3.05, 3.63) is 48.5 Å². The fourth-order valence-electron chi connectivity index (χ4n) is 2.88. The number of ether oxygens (including phenoxy) is 1. The summed E-state index contributed by atoms with van der Waals surface area (Å²) < 4.78 is 7.33. The molecule has 1 aliphatic heterocycles. The number of fused-ring (bicyclic) bond motifs is 1. The largest absolute Gasteiger partial charge is 0.378 e. The van der Waals surface area contributed by atoms with Crippen LogP contribution in [0.25, 0.3) is 11.0 Å². The van der Waals surface area contributed by atoms with Gasteiger partial charge in [-0.25, -0.2) is 4.98 Å². The predicted molar refractivity (Wildman–Crippen MR) is 94.4 cm³/mol. The molecule has 4 rings (SSSR count). The highest BCUT2D eigenvalue weighted by molar-refractivity contribution is 5.77. The maximum atomic E-state index is 5.38. The summed E-state index contributed by atoms with van der Waals surface area (Å²) in [6.45, 7) is 3.43. The minimum absolute atomic E-state index is 0.605. The summed E-state index contributed by atoms with van der Waals surface area (Å²) in [7, 11) is 1.95. The Morgan fingerprint density at radius 1 is 0.958 bits per heavy atom. The number of benzene rings is 2. The second kappa shape index (κ2) is 6.41. The van der Waals surface area contributed by atoms with Crippen molar-refractivity contribution in [2.75, 3.05) is 31.2 Å². The average molecular weight is 321 g/mol. The molecule has 0 N–H and O–H groups in total. The van der Waals surface area contributed by atoms with Crippen LogP contribution in [0, 0.1) is 0 Å². The van der Waals surface area contributed by atoms with Crippen molar-refractivity contribution in [2.45, 2.75) is 0 Å². The van der Waals surface area contributed by atoms with Crippen LogP contribution in [0.2, 0.25) is 0 Å². The van der Waals surface area contributed by atoms with Gasteiger partial charge in [0.2, 0.25) is 5.95 Å². The van der Waals surface area contributed by atoms with Crippen LogP contribution in [0.15, 0.2) is 58.8 Å². The fourth-order valence-corrected chi connectivity index (χ4v) is 2.88. The first-order valence-electron chi connectivity index (χ1n) is 8.07. The molecule has 24 heavy (non-hydrogen) atoms. The molecule has 1 aliphatic rings. The molecule has 1 fully saturated rings. The number of azo groups is 1. The molecule has 0 aliphatic carbocycles. The third kappa shape index (κ3) is 2.88. The van der Waals surface area contributed by atoms with Crippen molar-refractivity contribution in [1.29, 1.82) is 0 Å². The molecule has 6 heteroatoms. The van der Waals surface area contributed by atoms with Gasteiger partial charge >= 0.3 is 0 Å². The van der Waals surface area contributed by atoms with Crippen molar-refractivity contribution in [1.82, 2.24) is 9.55 Å². The monoisotopic (exact) mass is 321 g/mol. The van der Waals surface area contributed by atoms with E-state index < -0.39 is 0 Å². The van der Waals surface area contributed by atoms with Gasteiger partial charge in [-0.1, -0.05) is 12.1 Å². The smallest absolute Gasteiger partial charge is 0.250 e. The van der Waals surface area contributed by atoms with Gasteiger partial charge in [-0.05, 0) is 36.4 Å².